The topological polar surface area (TPSA) is 75.3 Å². The molecule has 1 aromatic heterocycles. The summed E-state index contributed by atoms with van der Waals surface area (Å²) >= 11 is 0. The number of fused-ring (bicyclic) bond motifs is 1. The summed E-state index contributed by atoms with van der Waals surface area (Å²) in [5.74, 6) is -0.284. The van der Waals surface area contributed by atoms with Crippen LogP contribution in [0.5, 0.6) is 0 Å². The SMILES string of the molecule is O=C(O)c1cccc(-c2cn3c(n2)C(O)CCC3)c1. The molecule has 3 rings (SSSR count). The predicted molar refractivity (Wildman–Crippen MR) is 68.8 cm³/mol. The van der Waals surface area contributed by atoms with E-state index in [1.165, 1.54) is 0 Å². The highest BCUT2D eigenvalue weighted by Crippen LogP contribution is 2.28. The normalized spacial score (nSPS) is 18.1. The minimum absolute atomic E-state index is 0.240. The Labute approximate surface area is 110 Å². The van der Waals surface area contributed by atoms with E-state index in [2.05, 4.69) is 4.98 Å². The van der Waals surface area contributed by atoms with Gasteiger partial charge < -0.3 is 14.8 Å². The highest BCUT2D eigenvalue weighted by Gasteiger charge is 2.21. The van der Waals surface area contributed by atoms with Crippen LogP contribution < -0.4 is 0 Å². The van der Waals surface area contributed by atoms with Crippen LogP contribution in [0.3, 0.4) is 0 Å². The van der Waals surface area contributed by atoms with Gasteiger partial charge in [0.2, 0.25) is 0 Å². The maximum absolute atomic E-state index is 11.0. The fourth-order valence-electron chi connectivity index (χ4n) is 2.41. The van der Waals surface area contributed by atoms with Gasteiger partial charge in [-0.15, -0.1) is 0 Å². The zero-order valence-corrected chi connectivity index (χ0v) is 10.3. The van der Waals surface area contributed by atoms with Crippen LogP contribution in [0.4, 0.5) is 0 Å². The number of aliphatic hydroxyl groups is 1. The van der Waals surface area contributed by atoms with Crippen molar-refractivity contribution >= 4 is 5.97 Å². The third-order valence-electron chi connectivity index (χ3n) is 3.39. The number of carboxylic acid groups (broad SMARTS) is 1. The molecule has 1 unspecified atom stereocenters. The summed E-state index contributed by atoms with van der Waals surface area (Å²) in [6.07, 6.45) is 3.01. The van der Waals surface area contributed by atoms with Crippen molar-refractivity contribution in [2.75, 3.05) is 0 Å². The Bertz CT molecular complexity index is 633. The summed E-state index contributed by atoms with van der Waals surface area (Å²) in [7, 11) is 0. The lowest BCUT2D eigenvalue weighted by atomic mass is 10.1. The van der Waals surface area contributed by atoms with Gasteiger partial charge >= 0.3 is 5.97 Å². The van der Waals surface area contributed by atoms with E-state index in [-0.39, 0.29) is 5.56 Å². The second-order valence-corrected chi connectivity index (χ2v) is 4.72. The molecule has 1 atom stereocenters. The van der Waals surface area contributed by atoms with Gasteiger partial charge in [-0.1, -0.05) is 12.1 Å². The van der Waals surface area contributed by atoms with Crippen LogP contribution in [0.15, 0.2) is 30.5 Å². The standard InChI is InChI=1S/C14H14N2O3/c17-12-5-2-6-16-8-11(15-13(12)16)9-3-1-4-10(7-9)14(18)19/h1,3-4,7-8,12,17H,2,5-6H2,(H,18,19). The Balaban J connectivity index is 2.03. The van der Waals surface area contributed by atoms with Gasteiger partial charge in [0.25, 0.3) is 0 Å². The summed E-state index contributed by atoms with van der Waals surface area (Å²) in [6, 6.07) is 6.68. The number of carboxylic acids is 1. The van der Waals surface area contributed by atoms with Crippen LogP contribution in [-0.4, -0.2) is 25.7 Å². The Morgan fingerprint density at radius 3 is 3.00 bits per heavy atom. The van der Waals surface area contributed by atoms with Gasteiger partial charge in [-0.3, -0.25) is 0 Å². The zero-order valence-electron chi connectivity index (χ0n) is 10.3. The van der Waals surface area contributed by atoms with E-state index in [0.29, 0.717) is 11.5 Å². The fraction of sp³-hybridized carbons (Fsp3) is 0.286. The maximum Gasteiger partial charge on any atom is 0.335 e. The van der Waals surface area contributed by atoms with Crippen LogP contribution in [0, 0.1) is 0 Å². The quantitative estimate of drug-likeness (QED) is 0.864. The van der Waals surface area contributed by atoms with Crippen molar-refractivity contribution in [2.24, 2.45) is 0 Å². The van der Waals surface area contributed by atoms with Gasteiger partial charge in [0.1, 0.15) is 11.9 Å². The molecule has 0 saturated carbocycles. The molecule has 5 heteroatoms. The third kappa shape index (κ3) is 2.13. The van der Waals surface area contributed by atoms with E-state index in [0.717, 1.165) is 24.9 Å². The summed E-state index contributed by atoms with van der Waals surface area (Å²) in [4.78, 5) is 15.4. The van der Waals surface area contributed by atoms with E-state index in [9.17, 15) is 9.90 Å². The molecule has 0 saturated heterocycles. The molecule has 19 heavy (non-hydrogen) atoms. The number of imidazole rings is 1. The van der Waals surface area contributed by atoms with Gasteiger partial charge in [0.05, 0.1) is 11.3 Å². The molecule has 1 aliphatic rings. The lowest BCUT2D eigenvalue weighted by Crippen LogP contribution is -2.14. The Kier molecular flexibility index (Phi) is 2.83. The number of hydrogen-bond acceptors (Lipinski definition) is 3. The van der Waals surface area contributed by atoms with Gasteiger partial charge in [0.15, 0.2) is 0 Å². The Morgan fingerprint density at radius 1 is 1.42 bits per heavy atom. The second kappa shape index (κ2) is 4.51. The molecule has 2 heterocycles. The molecular weight excluding hydrogens is 244 g/mol. The maximum atomic E-state index is 11.0. The minimum Gasteiger partial charge on any atom is -0.478 e. The molecule has 0 bridgehead atoms. The van der Waals surface area contributed by atoms with Crippen LogP contribution in [-0.2, 0) is 6.54 Å². The van der Waals surface area contributed by atoms with Gasteiger partial charge in [0, 0.05) is 18.3 Å². The van der Waals surface area contributed by atoms with Crippen LogP contribution in [0.1, 0.15) is 35.1 Å². The number of aryl methyl sites for hydroxylation is 1. The third-order valence-corrected chi connectivity index (χ3v) is 3.39. The molecule has 0 spiro atoms. The number of aliphatic hydroxyl groups excluding tert-OH is 1. The highest BCUT2D eigenvalue weighted by atomic mass is 16.4. The van der Waals surface area contributed by atoms with E-state index < -0.39 is 12.1 Å². The molecule has 0 aliphatic carbocycles. The number of hydrogen-bond donors (Lipinski definition) is 2. The van der Waals surface area contributed by atoms with E-state index in [4.69, 9.17) is 5.11 Å². The smallest absolute Gasteiger partial charge is 0.335 e. The first-order valence-electron chi connectivity index (χ1n) is 6.24. The minimum atomic E-state index is -0.953. The second-order valence-electron chi connectivity index (χ2n) is 4.72. The first kappa shape index (κ1) is 11.9. The van der Waals surface area contributed by atoms with Crippen molar-refractivity contribution in [2.45, 2.75) is 25.5 Å². The first-order valence-corrected chi connectivity index (χ1v) is 6.24. The van der Waals surface area contributed by atoms with Crippen molar-refractivity contribution < 1.29 is 15.0 Å². The number of benzene rings is 1. The highest BCUT2D eigenvalue weighted by molar-refractivity contribution is 5.89. The molecule has 2 N–H and O–H groups in total. The summed E-state index contributed by atoms with van der Waals surface area (Å²) in [6.45, 7) is 0.845. The van der Waals surface area contributed by atoms with Gasteiger partial charge in [-0.25, -0.2) is 9.78 Å². The van der Waals surface area contributed by atoms with Crippen LogP contribution in [0.25, 0.3) is 11.3 Å². The van der Waals surface area contributed by atoms with E-state index in [1.807, 2.05) is 16.8 Å². The average molecular weight is 258 g/mol. The molecule has 98 valence electrons. The fourth-order valence-corrected chi connectivity index (χ4v) is 2.41. The number of aromatic carboxylic acids is 1. The van der Waals surface area contributed by atoms with Crippen LogP contribution in [0.2, 0.25) is 0 Å². The Morgan fingerprint density at radius 2 is 2.26 bits per heavy atom. The number of nitrogens with zero attached hydrogens (tertiary/aromatic N) is 2. The van der Waals surface area contributed by atoms with Crippen molar-refractivity contribution in [3.63, 3.8) is 0 Å². The summed E-state index contributed by atoms with van der Waals surface area (Å²) in [5.41, 5.74) is 1.71. The van der Waals surface area contributed by atoms with Crippen molar-refractivity contribution in [3.8, 4) is 11.3 Å². The number of aromatic nitrogens is 2. The van der Waals surface area contributed by atoms with Crippen molar-refractivity contribution in [3.05, 3.63) is 41.9 Å². The molecule has 0 fully saturated rings. The predicted octanol–water partition coefficient (Wildman–Crippen LogP) is 2.08. The molecular formula is C14H14N2O3. The molecule has 5 nitrogen and oxygen atoms in total. The van der Waals surface area contributed by atoms with Crippen molar-refractivity contribution in [1.29, 1.82) is 0 Å². The summed E-state index contributed by atoms with van der Waals surface area (Å²) in [5, 5.41) is 18.9. The zero-order chi connectivity index (χ0) is 13.4. The largest absolute Gasteiger partial charge is 0.478 e. The monoisotopic (exact) mass is 258 g/mol. The average Bonchev–Trinajstić information content (AvgIpc) is 2.84. The van der Waals surface area contributed by atoms with Crippen molar-refractivity contribution in [1.82, 2.24) is 9.55 Å². The number of rotatable bonds is 2. The lowest BCUT2D eigenvalue weighted by molar-refractivity contribution is 0.0697. The first-order chi connectivity index (χ1) is 9.15. The molecule has 1 aromatic carbocycles. The van der Waals surface area contributed by atoms with E-state index in [1.54, 1.807) is 18.2 Å². The van der Waals surface area contributed by atoms with Gasteiger partial charge in [-0.05, 0) is 25.0 Å². The Hall–Kier alpha value is -2.14. The summed E-state index contributed by atoms with van der Waals surface area (Å²) < 4.78 is 1.94. The van der Waals surface area contributed by atoms with E-state index >= 15 is 0 Å². The van der Waals surface area contributed by atoms with Gasteiger partial charge in [-0.2, -0.15) is 0 Å². The molecule has 2 aromatic rings. The molecule has 0 amide bonds. The molecule has 1 aliphatic heterocycles. The lowest BCUT2D eigenvalue weighted by Gasteiger charge is -2.18. The molecule has 0 radical (unpaired) electrons. The van der Waals surface area contributed by atoms with Crippen LogP contribution >= 0.6 is 0 Å². The number of carbonyl (C=O) groups is 1.